The minimum Gasteiger partial charge on any atom is -0.357 e. The van der Waals surface area contributed by atoms with Crippen molar-refractivity contribution < 1.29 is 4.79 Å². The molecule has 0 unspecified atom stereocenters. The second-order valence-corrected chi connectivity index (χ2v) is 6.30. The molecule has 6 heteroatoms. The van der Waals surface area contributed by atoms with Gasteiger partial charge in [0.25, 0.3) is 0 Å². The third-order valence-electron chi connectivity index (χ3n) is 4.37. The van der Waals surface area contributed by atoms with Crippen LogP contribution < -0.4 is 10.2 Å². The Hall–Kier alpha value is -1.57. The Morgan fingerprint density at radius 1 is 1.42 bits per heavy atom. The van der Waals surface area contributed by atoms with Gasteiger partial charge in [-0.05, 0) is 44.2 Å². The third-order valence-corrected chi connectivity index (χ3v) is 4.37. The van der Waals surface area contributed by atoms with Crippen LogP contribution in [-0.4, -0.2) is 50.0 Å². The Morgan fingerprint density at radius 3 is 2.92 bits per heavy atom. The van der Waals surface area contributed by atoms with Crippen molar-refractivity contribution in [1.82, 2.24) is 10.2 Å². The van der Waals surface area contributed by atoms with Crippen molar-refractivity contribution in [1.29, 1.82) is 0 Å². The SMILES string of the molecule is C=CCCCN(C)C(=NCC(=O)N1CCCc2ccccc21)NCC.I. The summed E-state index contributed by atoms with van der Waals surface area (Å²) in [7, 11) is 2.01. The number of aliphatic imine (C=N–C) groups is 1. The largest absolute Gasteiger partial charge is 0.357 e. The Morgan fingerprint density at radius 2 is 2.19 bits per heavy atom. The summed E-state index contributed by atoms with van der Waals surface area (Å²) in [4.78, 5) is 21.2. The zero-order valence-electron chi connectivity index (χ0n) is 15.9. The van der Waals surface area contributed by atoms with Gasteiger partial charge in [0.15, 0.2) is 5.96 Å². The molecular weight excluding hydrogens is 439 g/mol. The highest BCUT2D eigenvalue weighted by Crippen LogP contribution is 2.26. The summed E-state index contributed by atoms with van der Waals surface area (Å²) in [6, 6.07) is 8.16. The summed E-state index contributed by atoms with van der Waals surface area (Å²) < 4.78 is 0. The Bertz CT molecular complexity index is 618. The number of nitrogens with one attached hydrogen (secondary N) is 1. The van der Waals surface area contributed by atoms with E-state index in [1.165, 1.54) is 5.56 Å². The number of para-hydroxylation sites is 1. The smallest absolute Gasteiger partial charge is 0.248 e. The number of allylic oxidation sites excluding steroid dienone is 1. The van der Waals surface area contributed by atoms with Crippen LogP contribution in [0.1, 0.15) is 31.7 Å². The maximum Gasteiger partial charge on any atom is 0.248 e. The van der Waals surface area contributed by atoms with Gasteiger partial charge in [-0.25, -0.2) is 4.99 Å². The summed E-state index contributed by atoms with van der Waals surface area (Å²) in [5.41, 5.74) is 2.29. The topological polar surface area (TPSA) is 47.9 Å². The van der Waals surface area contributed by atoms with Crippen LogP contribution >= 0.6 is 24.0 Å². The fourth-order valence-electron chi connectivity index (χ4n) is 3.07. The molecule has 1 aliphatic rings. The zero-order valence-corrected chi connectivity index (χ0v) is 18.2. The Kier molecular flexibility index (Phi) is 10.3. The van der Waals surface area contributed by atoms with Crippen LogP contribution in [0.2, 0.25) is 0 Å². The molecule has 0 aliphatic carbocycles. The van der Waals surface area contributed by atoms with Crippen molar-refractivity contribution in [3.63, 3.8) is 0 Å². The quantitative estimate of drug-likeness (QED) is 0.218. The van der Waals surface area contributed by atoms with Crippen LogP contribution in [-0.2, 0) is 11.2 Å². The maximum atomic E-state index is 12.7. The number of amides is 1. The molecule has 5 nitrogen and oxygen atoms in total. The van der Waals surface area contributed by atoms with E-state index >= 15 is 0 Å². The highest BCUT2D eigenvalue weighted by atomic mass is 127. The van der Waals surface area contributed by atoms with Crippen LogP contribution in [0, 0.1) is 0 Å². The standard InChI is InChI=1S/C20H30N4O.HI/c1-4-6-9-14-23(3)20(21-5-2)22-16-19(25)24-15-10-12-17-11-7-8-13-18(17)24;/h4,7-8,11,13H,1,5-6,9-10,12,14-16H2,2-3H3,(H,21,22);1H. The second-order valence-electron chi connectivity index (χ2n) is 6.30. The van der Waals surface area contributed by atoms with Crippen LogP contribution in [0.15, 0.2) is 41.9 Å². The van der Waals surface area contributed by atoms with Crippen molar-refractivity contribution in [3.8, 4) is 0 Å². The molecule has 1 aliphatic heterocycles. The average Bonchev–Trinajstić information content (AvgIpc) is 2.64. The number of unbranched alkanes of at least 4 members (excludes halogenated alkanes) is 1. The molecule has 26 heavy (non-hydrogen) atoms. The number of aryl methyl sites for hydroxylation is 1. The molecule has 1 N–H and O–H groups in total. The van der Waals surface area contributed by atoms with E-state index in [4.69, 9.17) is 0 Å². The lowest BCUT2D eigenvalue weighted by molar-refractivity contribution is -0.117. The average molecular weight is 470 g/mol. The van der Waals surface area contributed by atoms with E-state index in [2.05, 4.69) is 27.9 Å². The molecule has 1 amide bonds. The first-order chi connectivity index (χ1) is 12.2. The molecule has 0 fully saturated rings. The van der Waals surface area contributed by atoms with E-state index in [0.717, 1.165) is 57.0 Å². The predicted octanol–water partition coefficient (Wildman–Crippen LogP) is 3.45. The zero-order chi connectivity index (χ0) is 18.1. The lowest BCUT2D eigenvalue weighted by Crippen LogP contribution is -2.41. The minimum absolute atomic E-state index is 0. The number of benzene rings is 1. The summed E-state index contributed by atoms with van der Waals surface area (Å²) in [5.74, 6) is 0.840. The number of nitrogens with zero attached hydrogens (tertiary/aromatic N) is 3. The van der Waals surface area contributed by atoms with Gasteiger partial charge in [0.05, 0.1) is 0 Å². The number of fused-ring (bicyclic) bond motifs is 1. The molecule has 2 rings (SSSR count). The molecule has 0 atom stereocenters. The number of carbonyl (C=O) groups is 1. The lowest BCUT2D eigenvalue weighted by Gasteiger charge is -2.29. The number of anilines is 1. The van der Waals surface area contributed by atoms with Crippen LogP contribution in [0.4, 0.5) is 5.69 Å². The van der Waals surface area contributed by atoms with Crippen molar-refractivity contribution in [2.24, 2.45) is 4.99 Å². The number of hydrogen-bond donors (Lipinski definition) is 1. The number of rotatable bonds is 7. The molecule has 0 aromatic heterocycles. The van der Waals surface area contributed by atoms with Gasteiger partial charge in [-0.15, -0.1) is 30.6 Å². The van der Waals surface area contributed by atoms with E-state index in [-0.39, 0.29) is 36.4 Å². The molecule has 144 valence electrons. The molecule has 0 bridgehead atoms. The van der Waals surface area contributed by atoms with Crippen molar-refractivity contribution in [2.75, 3.05) is 38.1 Å². The van der Waals surface area contributed by atoms with E-state index in [0.29, 0.717) is 0 Å². The number of carbonyl (C=O) groups excluding carboxylic acids is 1. The van der Waals surface area contributed by atoms with Crippen LogP contribution in [0.25, 0.3) is 0 Å². The van der Waals surface area contributed by atoms with Gasteiger partial charge in [-0.1, -0.05) is 24.3 Å². The highest BCUT2D eigenvalue weighted by Gasteiger charge is 2.21. The molecule has 1 aromatic carbocycles. The Labute approximate surface area is 174 Å². The molecule has 1 aromatic rings. The molecule has 1 heterocycles. The first kappa shape index (κ1) is 22.5. The normalized spacial score (nSPS) is 13.5. The molecule has 0 saturated carbocycles. The highest BCUT2D eigenvalue weighted by molar-refractivity contribution is 14.0. The third kappa shape index (κ3) is 6.30. The van der Waals surface area contributed by atoms with Gasteiger partial charge < -0.3 is 15.1 Å². The Balaban J connectivity index is 0.00000338. The van der Waals surface area contributed by atoms with Gasteiger partial charge in [-0.2, -0.15) is 0 Å². The number of guanidine groups is 1. The van der Waals surface area contributed by atoms with E-state index in [1.54, 1.807) is 0 Å². The van der Waals surface area contributed by atoms with Crippen molar-refractivity contribution in [3.05, 3.63) is 42.5 Å². The van der Waals surface area contributed by atoms with Gasteiger partial charge in [0.1, 0.15) is 6.54 Å². The maximum absolute atomic E-state index is 12.7. The number of halogens is 1. The van der Waals surface area contributed by atoms with Gasteiger partial charge in [-0.3, -0.25) is 4.79 Å². The molecule has 0 spiro atoms. The summed E-state index contributed by atoms with van der Waals surface area (Å²) in [6.45, 7) is 8.41. The van der Waals surface area contributed by atoms with Crippen LogP contribution in [0.3, 0.4) is 0 Å². The van der Waals surface area contributed by atoms with E-state index in [1.807, 2.05) is 43.1 Å². The fraction of sp³-hybridized carbons (Fsp3) is 0.500. The van der Waals surface area contributed by atoms with E-state index < -0.39 is 0 Å². The minimum atomic E-state index is 0. The fourth-order valence-corrected chi connectivity index (χ4v) is 3.07. The molecular formula is C20H31IN4O. The first-order valence-electron chi connectivity index (χ1n) is 9.16. The first-order valence-corrected chi connectivity index (χ1v) is 9.16. The molecule has 0 saturated heterocycles. The van der Waals surface area contributed by atoms with Gasteiger partial charge >= 0.3 is 0 Å². The predicted molar refractivity (Wildman–Crippen MR) is 121 cm³/mol. The van der Waals surface area contributed by atoms with Crippen molar-refractivity contribution >= 4 is 41.5 Å². The summed E-state index contributed by atoms with van der Waals surface area (Å²) in [6.07, 6.45) is 5.98. The van der Waals surface area contributed by atoms with E-state index in [9.17, 15) is 4.79 Å². The number of hydrogen-bond acceptors (Lipinski definition) is 2. The summed E-state index contributed by atoms with van der Waals surface area (Å²) in [5, 5.41) is 3.27. The van der Waals surface area contributed by atoms with Crippen LogP contribution in [0.5, 0.6) is 0 Å². The second kappa shape index (κ2) is 11.9. The lowest BCUT2D eigenvalue weighted by atomic mass is 10.0. The van der Waals surface area contributed by atoms with Gasteiger partial charge in [0.2, 0.25) is 5.91 Å². The van der Waals surface area contributed by atoms with Crippen molar-refractivity contribution in [2.45, 2.75) is 32.6 Å². The monoisotopic (exact) mass is 470 g/mol. The summed E-state index contributed by atoms with van der Waals surface area (Å²) >= 11 is 0. The van der Waals surface area contributed by atoms with Gasteiger partial charge in [0, 0.05) is 32.4 Å². The molecule has 0 radical (unpaired) electrons.